The van der Waals surface area contributed by atoms with E-state index in [9.17, 15) is 4.79 Å². The fraction of sp³-hybridized carbons (Fsp3) is 0.538. The molecule has 1 aliphatic heterocycles. The lowest BCUT2D eigenvalue weighted by Crippen LogP contribution is -2.29. The van der Waals surface area contributed by atoms with Crippen LogP contribution in [0.1, 0.15) is 32.4 Å². The molecule has 0 amide bonds. The van der Waals surface area contributed by atoms with Crippen molar-refractivity contribution in [2.24, 2.45) is 11.8 Å². The summed E-state index contributed by atoms with van der Waals surface area (Å²) < 4.78 is 0. The normalized spacial score (nSPS) is 29.5. The highest BCUT2D eigenvalue weighted by atomic mass is 32.2. The molecule has 2 rings (SSSR count). The average molecular weight is 263 g/mol. The zero-order chi connectivity index (χ0) is 13.1. The summed E-state index contributed by atoms with van der Waals surface area (Å²) in [6, 6.07) is 1.90. The number of hydrogen-bond acceptors (Lipinski definition) is 5. The summed E-state index contributed by atoms with van der Waals surface area (Å²) in [6.45, 7) is 6.52. The van der Waals surface area contributed by atoms with Crippen LogP contribution in [0.3, 0.4) is 0 Å². The van der Waals surface area contributed by atoms with Crippen molar-refractivity contribution in [2.45, 2.75) is 31.9 Å². The first-order valence-electron chi connectivity index (χ1n) is 6.11. The molecule has 1 aromatic heterocycles. The largest absolute Gasteiger partial charge is 0.297 e. The van der Waals surface area contributed by atoms with Crippen molar-refractivity contribution in [1.29, 1.82) is 0 Å². The van der Waals surface area contributed by atoms with E-state index in [0.29, 0.717) is 17.1 Å². The van der Waals surface area contributed by atoms with Crippen LogP contribution in [-0.2, 0) is 4.79 Å². The highest BCUT2D eigenvalue weighted by Crippen LogP contribution is 2.43. The number of aldehydes is 1. The highest BCUT2D eigenvalue weighted by Gasteiger charge is 2.33. The second-order valence-electron chi connectivity index (χ2n) is 4.82. The SMILES string of the molecule is CC1C=C(C=O)SC(C(C)c2ccnnn2)C1C. The second kappa shape index (κ2) is 5.61. The molecule has 0 spiro atoms. The van der Waals surface area contributed by atoms with Gasteiger partial charge in [-0.2, -0.15) is 0 Å². The van der Waals surface area contributed by atoms with Crippen LogP contribution in [-0.4, -0.2) is 26.9 Å². The Morgan fingerprint density at radius 3 is 2.83 bits per heavy atom. The van der Waals surface area contributed by atoms with Crippen molar-refractivity contribution < 1.29 is 4.79 Å². The van der Waals surface area contributed by atoms with E-state index < -0.39 is 0 Å². The van der Waals surface area contributed by atoms with E-state index in [1.165, 1.54) is 0 Å². The minimum Gasteiger partial charge on any atom is -0.297 e. The van der Waals surface area contributed by atoms with Crippen LogP contribution < -0.4 is 0 Å². The molecule has 2 heterocycles. The Bertz CT molecular complexity index is 449. The molecular formula is C13H17N3OS. The smallest absolute Gasteiger partial charge is 0.156 e. The van der Waals surface area contributed by atoms with Crippen LogP contribution in [0.2, 0.25) is 0 Å². The third-order valence-electron chi connectivity index (χ3n) is 3.65. The van der Waals surface area contributed by atoms with Gasteiger partial charge in [-0.1, -0.05) is 26.8 Å². The van der Waals surface area contributed by atoms with E-state index in [0.717, 1.165) is 16.9 Å². The van der Waals surface area contributed by atoms with E-state index in [2.05, 4.69) is 42.3 Å². The third kappa shape index (κ3) is 2.61. The van der Waals surface area contributed by atoms with Gasteiger partial charge in [-0.05, 0) is 23.1 Å². The van der Waals surface area contributed by atoms with Crippen LogP contribution in [0.4, 0.5) is 0 Å². The van der Waals surface area contributed by atoms with Crippen molar-refractivity contribution in [3.63, 3.8) is 0 Å². The Kier molecular flexibility index (Phi) is 4.11. The van der Waals surface area contributed by atoms with Crippen LogP contribution in [0, 0.1) is 11.8 Å². The van der Waals surface area contributed by atoms with Gasteiger partial charge in [0.2, 0.25) is 0 Å². The molecule has 4 nitrogen and oxygen atoms in total. The molecule has 0 aromatic carbocycles. The summed E-state index contributed by atoms with van der Waals surface area (Å²) >= 11 is 1.65. The molecule has 0 fully saturated rings. The molecule has 4 unspecified atom stereocenters. The molecule has 0 radical (unpaired) electrons. The number of hydrogen-bond donors (Lipinski definition) is 0. The van der Waals surface area contributed by atoms with Gasteiger partial charge in [0.05, 0.1) is 11.9 Å². The summed E-state index contributed by atoms with van der Waals surface area (Å²) in [6.07, 6.45) is 4.67. The molecule has 0 saturated heterocycles. The minimum absolute atomic E-state index is 0.256. The van der Waals surface area contributed by atoms with Crippen LogP contribution in [0.25, 0.3) is 0 Å². The molecule has 1 aliphatic rings. The van der Waals surface area contributed by atoms with Gasteiger partial charge in [0, 0.05) is 16.1 Å². The first kappa shape index (κ1) is 13.2. The number of nitrogens with zero attached hydrogens (tertiary/aromatic N) is 3. The van der Waals surface area contributed by atoms with Gasteiger partial charge < -0.3 is 0 Å². The van der Waals surface area contributed by atoms with Crippen molar-refractivity contribution in [3.05, 3.63) is 28.9 Å². The molecular weight excluding hydrogens is 246 g/mol. The Hall–Kier alpha value is -1.23. The number of thioether (sulfide) groups is 1. The monoisotopic (exact) mass is 263 g/mol. The van der Waals surface area contributed by atoms with Gasteiger partial charge in [-0.15, -0.1) is 22.0 Å². The number of carbonyl (C=O) groups excluding carboxylic acids is 1. The number of rotatable bonds is 3. The molecule has 0 bridgehead atoms. The highest BCUT2D eigenvalue weighted by molar-refractivity contribution is 8.04. The zero-order valence-corrected chi connectivity index (χ0v) is 11.6. The molecule has 5 heteroatoms. The van der Waals surface area contributed by atoms with E-state index >= 15 is 0 Å². The van der Waals surface area contributed by atoms with E-state index in [1.807, 2.05) is 6.07 Å². The Balaban J connectivity index is 2.23. The average Bonchev–Trinajstić information content (AvgIpc) is 2.42. The summed E-state index contributed by atoms with van der Waals surface area (Å²) in [5.41, 5.74) is 0.939. The minimum atomic E-state index is 0.256. The van der Waals surface area contributed by atoms with Gasteiger partial charge >= 0.3 is 0 Å². The molecule has 0 saturated carbocycles. The van der Waals surface area contributed by atoms with Crippen LogP contribution >= 0.6 is 11.8 Å². The first-order valence-corrected chi connectivity index (χ1v) is 6.99. The summed E-state index contributed by atoms with van der Waals surface area (Å²) in [5.74, 6) is 1.17. The maximum Gasteiger partial charge on any atom is 0.156 e. The second-order valence-corrected chi connectivity index (χ2v) is 6.07. The molecule has 18 heavy (non-hydrogen) atoms. The summed E-state index contributed by atoms with van der Waals surface area (Å²) in [7, 11) is 0. The van der Waals surface area contributed by atoms with Crippen molar-refractivity contribution in [1.82, 2.24) is 15.4 Å². The lowest BCUT2D eigenvalue weighted by molar-refractivity contribution is -0.104. The fourth-order valence-corrected chi connectivity index (χ4v) is 3.77. The van der Waals surface area contributed by atoms with Crippen molar-refractivity contribution >= 4 is 18.0 Å². The Morgan fingerprint density at radius 1 is 1.44 bits per heavy atom. The maximum absolute atomic E-state index is 11.0. The molecule has 96 valence electrons. The number of allylic oxidation sites excluding steroid dienone is 2. The molecule has 0 aliphatic carbocycles. The zero-order valence-electron chi connectivity index (χ0n) is 10.8. The Labute approximate surface area is 111 Å². The number of carbonyl (C=O) groups is 1. The summed E-state index contributed by atoms with van der Waals surface area (Å²) in [5, 5.41) is 11.8. The van der Waals surface area contributed by atoms with Gasteiger partial charge in [0.15, 0.2) is 6.29 Å². The van der Waals surface area contributed by atoms with Crippen LogP contribution in [0.15, 0.2) is 23.2 Å². The topological polar surface area (TPSA) is 55.7 Å². The first-order chi connectivity index (χ1) is 8.63. The van der Waals surface area contributed by atoms with Crippen molar-refractivity contribution in [2.75, 3.05) is 0 Å². The number of aromatic nitrogens is 3. The lowest BCUT2D eigenvalue weighted by Gasteiger charge is -2.35. The van der Waals surface area contributed by atoms with E-state index in [1.54, 1.807) is 18.0 Å². The van der Waals surface area contributed by atoms with E-state index in [4.69, 9.17) is 0 Å². The molecule has 4 atom stereocenters. The van der Waals surface area contributed by atoms with Gasteiger partial charge in [0.1, 0.15) is 0 Å². The van der Waals surface area contributed by atoms with Crippen molar-refractivity contribution in [3.8, 4) is 0 Å². The lowest BCUT2D eigenvalue weighted by atomic mass is 9.85. The van der Waals surface area contributed by atoms with E-state index in [-0.39, 0.29) is 5.92 Å². The molecule has 0 N–H and O–H groups in total. The predicted octanol–water partition coefficient (Wildman–Crippen LogP) is 2.45. The standard InChI is InChI=1S/C13H17N3OS/c1-8-6-11(7-17)18-13(9(8)2)10(3)12-4-5-14-16-15-12/h4-10,13H,1-3H3. The third-order valence-corrected chi connectivity index (χ3v) is 5.26. The predicted molar refractivity (Wildman–Crippen MR) is 72.1 cm³/mol. The fourth-order valence-electron chi connectivity index (χ4n) is 2.30. The van der Waals surface area contributed by atoms with Gasteiger partial charge in [-0.3, -0.25) is 4.79 Å². The van der Waals surface area contributed by atoms with Gasteiger partial charge in [0.25, 0.3) is 0 Å². The molecule has 1 aromatic rings. The van der Waals surface area contributed by atoms with Crippen LogP contribution in [0.5, 0.6) is 0 Å². The van der Waals surface area contributed by atoms with Gasteiger partial charge in [-0.25, -0.2) is 0 Å². The Morgan fingerprint density at radius 2 is 2.22 bits per heavy atom. The maximum atomic E-state index is 11.0. The quantitative estimate of drug-likeness (QED) is 0.784. The summed E-state index contributed by atoms with van der Waals surface area (Å²) in [4.78, 5) is 11.8.